The second-order valence-electron chi connectivity index (χ2n) is 5.18. The third kappa shape index (κ3) is 4.44. The number of rotatable bonds is 3. The van der Waals surface area contributed by atoms with Gasteiger partial charge < -0.3 is 4.74 Å². The molecule has 100 valence electrons. The molecule has 1 N–H and O–H groups in total. The van der Waals surface area contributed by atoms with Crippen molar-refractivity contribution in [3.8, 4) is 0 Å². The van der Waals surface area contributed by atoms with Crippen molar-refractivity contribution in [1.29, 1.82) is 0 Å². The van der Waals surface area contributed by atoms with Crippen molar-refractivity contribution in [1.82, 2.24) is 4.98 Å². The van der Waals surface area contributed by atoms with Crippen molar-refractivity contribution in [3.05, 3.63) is 11.1 Å². The van der Waals surface area contributed by atoms with Gasteiger partial charge in [-0.2, -0.15) is 0 Å². The summed E-state index contributed by atoms with van der Waals surface area (Å²) in [4.78, 5) is 27.2. The number of ether oxygens (including phenoxy) is 1. The van der Waals surface area contributed by atoms with Gasteiger partial charge in [-0.25, -0.2) is 9.78 Å². The lowest BCUT2D eigenvalue weighted by Crippen LogP contribution is -2.27. The second kappa shape index (κ2) is 5.48. The van der Waals surface area contributed by atoms with Gasteiger partial charge in [0.2, 0.25) is 0 Å². The summed E-state index contributed by atoms with van der Waals surface area (Å²) in [5.74, 6) is -0.148. The summed E-state index contributed by atoms with van der Waals surface area (Å²) in [7, 11) is 0. The molecule has 1 aromatic rings. The third-order valence-corrected chi connectivity index (χ3v) is 2.65. The average molecular weight is 270 g/mol. The van der Waals surface area contributed by atoms with E-state index in [2.05, 4.69) is 10.3 Å². The van der Waals surface area contributed by atoms with Crippen LogP contribution in [-0.2, 0) is 4.74 Å². The quantitative estimate of drug-likeness (QED) is 0.855. The summed E-state index contributed by atoms with van der Waals surface area (Å²) in [6, 6.07) is 0. The van der Waals surface area contributed by atoms with Crippen LogP contribution in [0.1, 0.15) is 45.1 Å². The fraction of sp³-hybridized carbons (Fsp3) is 0.583. The molecule has 0 aliphatic carbocycles. The monoisotopic (exact) mass is 270 g/mol. The Bertz CT molecular complexity index is 446. The molecule has 0 aromatic carbocycles. The average Bonchev–Trinajstić information content (AvgIpc) is 2.61. The third-order valence-electron chi connectivity index (χ3n) is 1.89. The molecule has 0 atom stereocenters. The van der Waals surface area contributed by atoms with Gasteiger partial charge in [-0.15, -0.1) is 11.3 Å². The Morgan fingerprint density at radius 1 is 1.39 bits per heavy atom. The van der Waals surface area contributed by atoms with Crippen LogP contribution >= 0.6 is 11.3 Å². The molecular weight excluding hydrogens is 252 g/mol. The Balaban J connectivity index is 2.65. The smallest absolute Gasteiger partial charge is 0.413 e. The standard InChI is InChI=1S/C12H18N2O3S/c1-7(2)9(15)8-6-18-10(13-8)14-11(16)17-12(3,4)5/h6-7H,1-5H3,(H,13,14,16). The van der Waals surface area contributed by atoms with Crippen LogP contribution in [0.4, 0.5) is 9.93 Å². The van der Waals surface area contributed by atoms with Gasteiger partial charge in [0.05, 0.1) is 0 Å². The number of amides is 1. The van der Waals surface area contributed by atoms with E-state index in [1.807, 2.05) is 13.8 Å². The molecule has 0 saturated carbocycles. The van der Waals surface area contributed by atoms with E-state index >= 15 is 0 Å². The zero-order valence-corrected chi connectivity index (χ0v) is 12.1. The van der Waals surface area contributed by atoms with Crippen LogP contribution in [0, 0.1) is 5.92 Å². The lowest BCUT2D eigenvalue weighted by molar-refractivity contribution is 0.0635. The largest absolute Gasteiger partial charge is 0.444 e. The zero-order valence-electron chi connectivity index (χ0n) is 11.2. The Morgan fingerprint density at radius 3 is 2.50 bits per heavy atom. The normalized spacial score (nSPS) is 11.4. The predicted molar refractivity (Wildman–Crippen MR) is 71.1 cm³/mol. The molecular formula is C12H18N2O3S. The molecule has 18 heavy (non-hydrogen) atoms. The van der Waals surface area contributed by atoms with Gasteiger partial charge in [0.25, 0.3) is 0 Å². The number of nitrogens with one attached hydrogen (secondary N) is 1. The van der Waals surface area contributed by atoms with Crippen LogP contribution in [0.5, 0.6) is 0 Å². The van der Waals surface area contributed by atoms with E-state index < -0.39 is 11.7 Å². The minimum absolute atomic E-state index is 0.0384. The number of hydrogen-bond acceptors (Lipinski definition) is 5. The van der Waals surface area contributed by atoms with E-state index in [0.717, 1.165) is 0 Å². The molecule has 5 nitrogen and oxygen atoms in total. The van der Waals surface area contributed by atoms with Gasteiger partial charge in [0.15, 0.2) is 10.9 Å². The molecule has 0 unspecified atom stereocenters. The number of thiazole rings is 1. The van der Waals surface area contributed by atoms with E-state index in [-0.39, 0.29) is 11.7 Å². The second-order valence-corrected chi connectivity index (χ2v) is 6.04. The van der Waals surface area contributed by atoms with Gasteiger partial charge in [0.1, 0.15) is 11.3 Å². The van der Waals surface area contributed by atoms with Crippen LogP contribution in [0.3, 0.4) is 0 Å². The summed E-state index contributed by atoms with van der Waals surface area (Å²) in [6.45, 7) is 8.96. The minimum Gasteiger partial charge on any atom is -0.444 e. The number of ketones is 1. The van der Waals surface area contributed by atoms with Crippen molar-refractivity contribution in [3.63, 3.8) is 0 Å². The Morgan fingerprint density at radius 2 is 2.00 bits per heavy atom. The molecule has 0 spiro atoms. The Hall–Kier alpha value is -1.43. The first kappa shape index (κ1) is 14.6. The van der Waals surface area contributed by atoms with Crippen molar-refractivity contribution in [2.45, 2.75) is 40.2 Å². The fourth-order valence-electron chi connectivity index (χ4n) is 1.13. The maximum absolute atomic E-state index is 11.7. The van der Waals surface area contributed by atoms with Crippen LogP contribution in [0.15, 0.2) is 5.38 Å². The van der Waals surface area contributed by atoms with Crippen LogP contribution < -0.4 is 5.32 Å². The lowest BCUT2D eigenvalue weighted by Gasteiger charge is -2.18. The minimum atomic E-state index is -0.569. The molecule has 0 fully saturated rings. The summed E-state index contributed by atoms with van der Waals surface area (Å²) < 4.78 is 5.09. The summed E-state index contributed by atoms with van der Waals surface area (Å²) in [5.41, 5.74) is -0.182. The first-order chi connectivity index (χ1) is 8.19. The molecule has 0 aliphatic rings. The van der Waals surface area contributed by atoms with E-state index in [4.69, 9.17) is 4.74 Å². The maximum atomic E-state index is 11.7. The number of carbonyl (C=O) groups is 2. The summed E-state index contributed by atoms with van der Waals surface area (Å²) in [5, 5.41) is 4.51. The predicted octanol–water partition coefficient (Wildman–Crippen LogP) is 3.33. The SMILES string of the molecule is CC(C)C(=O)c1csc(NC(=O)OC(C)(C)C)n1. The highest BCUT2D eigenvalue weighted by atomic mass is 32.1. The van der Waals surface area contributed by atoms with Crippen LogP contribution in [0.25, 0.3) is 0 Å². The molecule has 0 radical (unpaired) electrons. The number of hydrogen-bond donors (Lipinski definition) is 1. The topological polar surface area (TPSA) is 68.3 Å². The van der Waals surface area contributed by atoms with E-state index in [9.17, 15) is 9.59 Å². The zero-order chi connectivity index (χ0) is 13.9. The van der Waals surface area contributed by atoms with E-state index in [0.29, 0.717) is 10.8 Å². The fourth-order valence-corrected chi connectivity index (χ4v) is 1.82. The summed E-state index contributed by atoms with van der Waals surface area (Å²) >= 11 is 1.21. The van der Waals surface area contributed by atoms with Gasteiger partial charge in [-0.1, -0.05) is 13.8 Å². The Labute approximate surface area is 111 Å². The number of nitrogens with zero attached hydrogens (tertiary/aromatic N) is 1. The number of aromatic nitrogens is 1. The van der Waals surface area contributed by atoms with Crippen molar-refractivity contribution in [2.75, 3.05) is 5.32 Å². The number of anilines is 1. The summed E-state index contributed by atoms with van der Waals surface area (Å²) in [6.07, 6.45) is -0.569. The highest BCUT2D eigenvalue weighted by molar-refractivity contribution is 7.14. The van der Waals surface area contributed by atoms with Gasteiger partial charge in [-0.05, 0) is 20.8 Å². The van der Waals surface area contributed by atoms with E-state index in [1.165, 1.54) is 11.3 Å². The van der Waals surface area contributed by atoms with Gasteiger partial charge >= 0.3 is 6.09 Å². The lowest BCUT2D eigenvalue weighted by atomic mass is 10.1. The molecule has 1 rings (SSSR count). The molecule has 1 aromatic heterocycles. The molecule has 0 saturated heterocycles. The van der Waals surface area contributed by atoms with Crippen LogP contribution in [-0.4, -0.2) is 22.5 Å². The first-order valence-electron chi connectivity index (χ1n) is 5.69. The van der Waals surface area contributed by atoms with E-state index in [1.54, 1.807) is 26.2 Å². The molecule has 0 aliphatic heterocycles. The highest BCUT2D eigenvalue weighted by Gasteiger charge is 2.19. The van der Waals surface area contributed by atoms with Crippen molar-refractivity contribution < 1.29 is 14.3 Å². The van der Waals surface area contributed by atoms with Gasteiger partial charge in [0, 0.05) is 11.3 Å². The Kier molecular flexibility index (Phi) is 4.45. The molecule has 0 bridgehead atoms. The highest BCUT2D eigenvalue weighted by Crippen LogP contribution is 2.19. The van der Waals surface area contributed by atoms with Crippen molar-refractivity contribution in [2.24, 2.45) is 5.92 Å². The molecule has 1 heterocycles. The maximum Gasteiger partial charge on any atom is 0.413 e. The number of Topliss-reactive ketones (excluding diaryl/α,β-unsaturated/α-hetero) is 1. The van der Waals surface area contributed by atoms with Crippen LogP contribution in [0.2, 0.25) is 0 Å². The first-order valence-corrected chi connectivity index (χ1v) is 6.57. The molecule has 6 heteroatoms. The molecule has 1 amide bonds. The van der Waals surface area contributed by atoms with Gasteiger partial charge in [-0.3, -0.25) is 10.1 Å². The van der Waals surface area contributed by atoms with Crippen molar-refractivity contribution >= 4 is 28.3 Å². The number of carbonyl (C=O) groups excluding carboxylic acids is 2.